The van der Waals surface area contributed by atoms with Gasteiger partial charge in [-0.2, -0.15) is 5.26 Å². The quantitative estimate of drug-likeness (QED) is 0.511. The molecule has 37 heavy (non-hydrogen) atoms. The molecule has 0 unspecified atom stereocenters. The van der Waals surface area contributed by atoms with E-state index in [1.54, 1.807) is 43.9 Å². The molecule has 0 bridgehead atoms. The monoisotopic (exact) mass is 497 g/mol. The molecule has 2 N–H and O–H groups in total. The largest absolute Gasteiger partial charge is 0.444 e. The third kappa shape index (κ3) is 5.08. The second kappa shape index (κ2) is 9.40. The molecule has 8 nitrogen and oxygen atoms in total. The van der Waals surface area contributed by atoms with Gasteiger partial charge in [0.15, 0.2) is 0 Å². The first-order valence-corrected chi connectivity index (χ1v) is 12.6. The zero-order valence-corrected chi connectivity index (χ0v) is 21.5. The van der Waals surface area contributed by atoms with E-state index in [1.165, 1.54) is 0 Å². The molecule has 1 saturated carbocycles. The molecule has 2 aliphatic rings. The number of hydrogen-bond acceptors (Lipinski definition) is 6. The molecule has 0 saturated heterocycles. The molecule has 190 valence electrons. The van der Waals surface area contributed by atoms with Gasteiger partial charge in [0.05, 0.1) is 41.1 Å². The minimum Gasteiger partial charge on any atom is -0.444 e. The maximum Gasteiger partial charge on any atom is 0.408 e. The fourth-order valence-electron chi connectivity index (χ4n) is 4.86. The van der Waals surface area contributed by atoms with Crippen LogP contribution in [0, 0.1) is 11.3 Å². The zero-order valence-electron chi connectivity index (χ0n) is 21.5. The first-order chi connectivity index (χ1) is 17.6. The van der Waals surface area contributed by atoms with Crippen LogP contribution in [0.15, 0.2) is 48.7 Å². The molecular weight excluding hydrogens is 466 g/mol. The smallest absolute Gasteiger partial charge is 0.408 e. The maximum atomic E-state index is 14.1. The number of alkyl carbamates (subject to hydrolysis) is 1. The number of nitrogens with one attached hydrogen (secondary N) is 2. The van der Waals surface area contributed by atoms with E-state index in [4.69, 9.17) is 4.74 Å². The van der Waals surface area contributed by atoms with Gasteiger partial charge < -0.3 is 20.3 Å². The summed E-state index contributed by atoms with van der Waals surface area (Å²) >= 11 is 0. The summed E-state index contributed by atoms with van der Waals surface area (Å²) < 4.78 is 5.46. The van der Waals surface area contributed by atoms with Gasteiger partial charge in [-0.05, 0) is 81.8 Å². The Morgan fingerprint density at radius 3 is 2.70 bits per heavy atom. The lowest BCUT2D eigenvalue weighted by molar-refractivity contribution is -0.120. The zero-order chi connectivity index (χ0) is 26.3. The molecule has 5 rings (SSSR count). The molecule has 0 spiro atoms. The number of hydrogen-bond donors (Lipinski definition) is 2. The summed E-state index contributed by atoms with van der Waals surface area (Å²) in [6.45, 7) is 7.49. The Balaban J connectivity index is 1.59. The lowest BCUT2D eigenvalue weighted by atomic mass is 9.99. The molecule has 1 aromatic heterocycles. The van der Waals surface area contributed by atoms with Crippen molar-refractivity contribution >= 4 is 34.3 Å². The number of benzene rings is 2. The number of fused-ring (bicyclic) bond motifs is 2. The average molecular weight is 498 g/mol. The van der Waals surface area contributed by atoms with Crippen LogP contribution in [0.2, 0.25) is 0 Å². The van der Waals surface area contributed by atoms with Crippen molar-refractivity contribution in [2.75, 3.05) is 10.2 Å². The van der Waals surface area contributed by atoms with Crippen molar-refractivity contribution in [2.45, 2.75) is 70.7 Å². The highest BCUT2D eigenvalue weighted by molar-refractivity contribution is 6.04. The highest BCUT2D eigenvalue weighted by Gasteiger charge is 2.38. The van der Waals surface area contributed by atoms with Crippen LogP contribution in [-0.4, -0.2) is 34.7 Å². The molecule has 0 radical (unpaired) electrons. The first kappa shape index (κ1) is 24.6. The van der Waals surface area contributed by atoms with Crippen LogP contribution in [-0.2, 0) is 16.1 Å². The van der Waals surface area contributed by atoms with Gasteiger partial charge in [0.25, 0.3) is 5.91 Å². The maximum absolute atomic E-state index is 14.1. The standard InChI is InChI=1S/C29H31N5O3/c1-17-26(33-28(36)37-29(2,3)4)27(35)34(25-12-9-18(14-30)13-24(25)32-17)16-22-20-7-5-6-8-23(20)31-15-21(22)19-10-11-19/h5-9,12-13,15,17,19,26,32H,10-11,16H2,1-4H3,(H,33,36)/t17-,26-/m0/s1. The summed E-state index contributed by atoms with van der Waals surface area (Å²) in [5.74, 6) is 0.180. The molecule has 2 aromatic carbocycles. The predicted octanol–water partition coefficient (Wildman–Crippen LogP) is 5.22. The SMILES string of the molecule is C[C@@H]1Nc2cc(C#N)ccc2N(Cc2c(C3CC3)cnc3ccccc23)C(=O)[C@H]1NC(=O)OC(C)(C)C. The Morgan fingerprint density at radius 1 is 1.24 bits per heavy atom. The van der Waals surface area contributed by atoms with Gasteiger partial charge in [0.1, 0.15) is 11.6 Å². The van der Waals surface area contributed by atoms with E-state index in [9.17, 15) is 14.9 Å². The van der Waals surface area contributed by atoms with Gasteiger partial charge in [0, 0.05) is 11.6 Å². The average Bonchev–Trinajstić information content (AvgIpc) is 3.70. The molecule has 2 heterocycles. The van der Waals surface area contributed by atoms with Crippen molar-refractivity contribution in [3.63, 3.8) is 0 Å². The lowest BCUT2D eigenvalue weighted by Crippen LogP contribution is -2.55. The van der Waals surface area contributed by atoms with Crippen molar-refractivity contribution in [3.05, 3.63) is 65.4 Å². The summed E-state index contributed by atoms with van der Waals surface area (Å²) in [5, 5.41) is 16.6. The normalized spacial score (nSPS) is 19.4. The van der Waals surface area contributed by atoms with E-state index in [0.29, 0.717) is 29.4 Å². The molecular formula is C29H31N5O3. The number of ether oxygens (including phenoxy) is 1. The highest BCUT2D eigenvalue weighted by atomic mass is 16.6. The molecule has 1 fully saturated rings. The first-order valence-electron chi connectivity index (χ1n) is 12.6. The van der Waals surface area contributed by atoms with Crippen molar-refractivity contribution in [3.8, 4) is 6.07 Å². The second-order valence-electron chi connectivity index (χ2n) is 10.8. The van der Waals surface area contributed by atoms with E-state index >= 15 is 0 Å². The second-order valence-corrected chi connectivity index (χ2v) is 10.8. The number of aromatic nitrogens is 1. The Labute approximate surface area is 216 Å². The molecule has 2 amide bonds. The number of amides is 2. The van der Waals surface area contributed by atoms with Gasteiger partial charge in [-0.3, -0.25) is 9.78 Å². The minimum absolute atomic E-state index is 0.253. The van der Waals surface area contributed by atoms with Crippen molar-refractivity contribution in [1.82, 2.24) is 10.3 Å². The Hall–Kier alpha value is -4.12. The number of carbonyl (C=O) groups excluding carboxylic acids is 2. The number of rotatable bonds is 4. The summed E-state index contributed by atoms with van der Waals surface area (Å²) in [5.41, 5.74) is 4.20. The van der Waals surface area contributed by atoms with Gasteiger partial charge in [-0.25, -0.2) is 4.79 Å². The van der Waals surface area contributed by atoms with E-state index in [0.717, 1.165) is 34.9 Å². The van der Waals surface area contributed by atoms with Gasteiger partial charge >= 0.3 is 6.09 Å². The summed E-state index contributed by atoms with van der Waals surface area (Å²) in [7, 11) is 0. The number of anilines is 2. The number of nitriles is 1. The fourth-order valence-corrected chi connectivity index (χ4v) is 4.86. The van der Waals surface area contributed by atoms with E-state index < -0.39 is 23.8 Å². The summed E-state index contributed by atoms with van der Waals surface area (Å²) in [4.78, 5) is 33.2. The van der Waals surface area contributed by atoms with E-state index in [1.807, 2.05) is 37.4 Å². The van der Waals surface area contributed by atoms with Crippen LogP contribution >= 0.6 is 0 Å². The van der Waals surface area contributed by atoms with Crippen LogP contribution in [0.5, 0.6) is 0 Å². The Bertz CT molecular complexity index is 1420. The van der Waals surface area contributed by atoms with Crippen molar-refractivity contribution in [2.24, 2.45) is 0 Å². The van der Waals surface area contributed by atoms with E-state index in [-0.39, 0.29) is 5.91 Å². The summed E-state index contributed by atoms with van der Waals surface area (Å²) in [6.07, 6.45) is 3.49. The van der Waals surface area contributed by atoms with Crippen LogP contribution in [0.25, 0.3) is 10.9 Å². The highest BCUT2D eigenvalue weighted by Crippen LogP contribution is 2.44. The predicted molar refractivity (Wildman–Crippen MR) is 142 cm³/mol. The third-order valence-corrected chi connectivity index (χ3v) is 6.76. The Morgan fingerprint density at radius 2 is 2.00 bits per heavy atom. The molecule has 2 atom stereocenters. The number of nitrogens with zero attached hydrogens (tertiary/aromatic N) is 3. The van der Waals surface area contributed by atoms with Gasteiger partial charge in [-0.15, -0.1) is 0 Å². The van der Waals surface area contributed by atoms with Crippen LogP contribution in [0.3, 0.4) is 0 Å². The molecule has 3 aromatic rings. The minimum atomic E-state index is -0.884. The van der Waals surface area contributed by atoms with E-state index in [2.05, 4.69) is 21.7 Å². The summed E-state index contributed by atoms with van der Waals surface area (Å²) in [6, 6.07) is 14.0. The lowest BCUT2D eigenvalue weighted by Gasteiger charge is -2.29. The van der Waals surface area contributed by atoms with Crippen molar-refractivity contribution in [1.29, 1.82) is 5.26 Å². The molecule has 8 heteroatoms. The number of pyridine rings is 1. The van der Waals surface area contributed by atoms with Crippen LogP contribution in [0.1, 0.15) is 63.1 Å². The van der Waals surface area contributed by atoms with Crippen LogP contribution in [0.4, 0.5) is 16.2 Å². The van der Waals surface area contributed by atoms with Gasteiger partial charge in [-0.1, -0.05) is 18.2 Å². The number of carbonyl (C=O) groups is 2. The molecule has 1 aliphatic heterocycles. The van der Waals surface area contributed by atoms with Crippen molar-refractivity contribution < 1.29 is 14.3 Å². The number of para-hydroxylation sites is 1. The van der Waals surface area contributed by atoms with Crippen LogP contribution < -0.4 is 15.5 Å². The third-order valence-electron chi connectivity index (χ3n) is 6.76. The topological polar surface area (TPSA) is 107 Å². The molecule has 1 aliphatic carbocycles. The van der Waals surface area contributed by atoms with Gasteiger partial charge in [0.2, 0.25) is 0 Å². The Kier molecular flexibility index (Phi) is 6.24. The fraction of sp³-hybridized carbons (Fsp3) is 0.379.